The summed E-state index contributed by atoms with van der Waals surface area (Å²) in [7, 11) is 0. The number of hydrogen-bond acceptors (Lipinski definition) is 1. The van der Waals surface area contributed by atoms with Crippen molar-refractivity contribution in [3.8, 4) is 0 Å². The normalized spacial score (nSPS) is 9.43. The van der Waals surface area contributed by atoms with Crippen LogP contribution >= 0.6 is 0 Å². The Bertz CT molecular complexity index is 229. The molecule has 3 nitrogen and oxygen atoms in total. The van der Waals surface area contributed by atoms with Gasteiger partial charge in [-0.15, -0.1) is 6.58 Å². The van der Waals surface area contributed by atoms with Gasteiger partial charge in [-0.2, -0.15) is 0 Å². The number of carboxylic acid groups (broad SMARTS) is 2. The summed E-state index contributed by atoms with van der Waals surface area (Å²) in [6.45, 7) is 6.05. The summed E-state index contributed by atoms with van der Waals surface area (Å²) in [6.07, 6.45) is 21.6. The van der Waals surface area contributed by atoms with E-state index in [0.29, 0.717) is 0 Å². The standard InChI is InChI=1S/C18H36.CH2O3.Cs.H/c1-3-5-7-9-11-13-15-17-18-16-14-12-10-8-6-4-2;2-1(3)4;;/h3H,1,4-18H2,2H3;(H2,2,3,4);;. The van der Waals surface area contributed by atoms with E-state index in [1.807, 2.05) is 6.08 Å². The summed E-state index contributed by atoms with van der Waals surface area (Å²) < 4.78 is 0. The van der Waals surface area contributed by atoms with Crippen molar-refractivity contribution in [2.24, 2.45) is 0 Å². The molecule has 4 heteroatoms. The average Bonchev–Trinajstić information content (AvgIpc) is 2.47. The summed E-state index contributed by atoms with van der Waals surface area (Å²) >= 11 is 0. The summed E-state index contributed by atoms with van der Waals surface area (Å²) in [5, 5.41) is 13.9. The fraction of sp³-hybridized carbons (Fsp3) is 0.842. The Balaban J connectivity index is -0.000000712. The molecule has 0 saturated carbocycles. The van der Waals surface area contributed by atoms with Gasteiger partial charge in [0.1, 0.15) is 0 Å². The Hall–Kier alpha value is 1.06. The molecule has 0 rings (SSSR count). The van der Waals surface area contributed by atoms with Gasteiger partial charge in [0.05, 0.1) is 0 Å². The molecule has 0 aromatic heterocycles. The molecule has 0 radical (unpaired) electrons. The van der Waals surface area contributed by atoms with Crippen LogP contribution in [-0.2, 0) is 0 Å². The van der Waals surface area contributed by atoms with Crippen molar-refractivity contribution in [3.63, 3.8) is 0 Å². The predicted octanol–water partition coefficient (Wildman–Crippen LogP) is 6.62. The molecule has 0 aliphatic heterocycles. The zero-order valence-electron chi connectivity index (χ0n) is 14.7. The van der Waals surface area contributed by atoms with Crippen molar-refractivity contribution >= 4 is 75.0 Å². The number of allylic oxidation sites excluding steroid dienone is 1. The first-order valence-corrected chi connectivity index (χ1v) is 9.17. The first-order valence-electron chi connectivity index (χ1n) is 9.17. The zero-order chi connectivity index (χ0) is 16.9. The van der Waals surface area contributed by atoms with Crippen LogP contribution in [0.5, 0.6) is 0 Å². The van der Waals surface area contributed by atoms with Gasteiger partial charge in [0.15, 0.2) is 0 Å². The molecule has 0 fully saturated rings. The molecule has 0 aromatic carbocycles. The Morgan fingerprint density at radius 2 is 1.00 bits per heavy atom. The molecule has 0 heterocycles. The Morgan fingerprint density at radius 3 is 1.26 bits per heavy atom. The molecule has 0 atom stereocenters. The molecule has 0 amide bonds. The molecule has 0 aliphatic carbocycles. The Labute approximate surface area is 203 Å². The van der Waals surface area contributed by atoms with Gasteiger partial charge in [-0.3, -0.25) is 0 Å². The molecule has 0 unspecified atom stereocenters. The number of unbranched alkanes of at least 4 members (excludes halogenated alkanes) is 14. The van der Waals surface area contributed by atoms with Crippen molar-refractivity contribution in [3.05, 3.63) is 12.7 Å². The van der Waals surface area contributed by atoms with Gasteiger partial charge in [0.2, 0.25) is 0 Å². The third-order valence-corrected chi connectivity index (χ3v) is 3.76. The number of hydrogen-bond donors (Lipinski definition) is 2. The van der Waals surface area contributed by atoms with Crippen LogP contribution < -0.4 is 0 Å². The monoisotopic (exact) mass is 448 g/mol. The van der Waals surface area contributed by atoms with Crippen LogP contribution in [0.4, 0.5) is 4.79 Å². The van der Waals surface area contributed by atoms with Gasteiger partial charge >= 0.3 is 75.0 Å². The fourth-order valence-corrected chi connectivity index (χ4v) is 2.48. The quantitative estimate of drug-likeness (QED) is 0.219. The van der Waals surface area contributed by atoms with Crippen LogP contribution in [0.3, 0.4) is 0 Å². The summed E-state index contributed by atoms with van der Waals surface area (Å²) in [5.74, 6) is 0. The molecule has 0 aliphatic rings. The van der Waals surface area contributed by atoms with Crippen molar-refractivity contribution < 1.29 is 15.0 Å². The topological polar surface area (TPSA) is 57.5 Å². The second-order valence-corrected chi connectivity index (χ2v) is 5.96. The Kier molecular flexibility index (Phi) is 35.0. The van der Waals surface area contributed by atoms with Crippen LogP contribution in [0.1, 0.15) is 103 Å². The van der Waals surface area contributed by atoms with Crippen molar-refractivity contribution in [1.82, 2.24) is 0 Å². The van der Waals surface area contributed by atoms with E-state index in [0.717, 1.165) is 0 Å². The summed E-state index contributed by atoms with van der Waals surface area (Å²) in [4.78, 5) is 8.56. The molecule has 0 saturated heterocycles. The van der Waals surface area contributed by atoms with Gasteiger partial charge in [-0.25, -0.2) is 4.79 Å². The third kappa shape index (κ3) is 39.7. The number of carbonyl (C=O) groups is 1. The molecule has 23 heavy (non-hydrogen) atoms. The van der Waals surface area contributed by atoms with Gasteiger partial charge in [0.25, 0.3) is 0 Å². The summed E-state index contributed by atoms with van der Waals surface area (Å²) in [6, 6.07) is 0. The molecule has 134 valence electrons. The van der Waals surface area contributed by atoms with Gasteiger partial charge in [-0.1, -0.05) is 96.5 Å². The fourth-order valence-electron chi connectivity index (χ4n) is 2.48. The van der Waals surface area contributed by atoms with Crippen LogP contribution in [0.2, 0.25) is 0 Å². The average molecular weight is 448 g/mol. The first-order chi connectivity index (χ1) is 10.6. The third-order valence-electron chi connectivity index (χ3n) is 3.76. The van der Waals surface area contributed by atoms with Crippen LogP contribution in [0.25, 0.3) is 0 Å². The zero-order valence-corrected chi connectivity index (χ0v) is 14.7. The molecule has 2 N–H and O–H groups in total. The van der Waals surface area contributed by atoms with E-state index in [4.69, 9.17) is 15.0 Å². The van der Waals surface area contributed by atoms with E-state index < -0.39 is 6.16 Å². The van der Waals surface area contributed by atoms with Gasteiger partial charge in [0, 0.05) is 0 Å². The van der Waals surface area contributed by atoms with Gasteiger partial charge < -0.3 is 10.2 Å². The van der Waals surface area contributed by atoms with E-state index in [1.165, 1.54) is 96.3 Å². The van der Waals surface area contributed by atoms with Crippen LogP contribution in [0, 0.1) is 0 Å². The van der Waals surface area contributed by atoms with Crippen LogP contribution in [-0.4, -0.2) is 85.3 Å². The predicted molar refractivity (Wildman–Crippen MR) is 103 cm³/mol. The molecule has 0 aromatic rings. The SMILES string of the molecule is C=CCCCCCCCCCCCCCCCC.O=C(O)O.[CsH]. The molecular formula is C19H39CsO3. The molecule has 0 bridgehead atoms. The minimum absolute atomic E-state index is 0. The van der Waals surface area contributed by atoms with E-state index in [-0.39, 0.29) is 68.9 Å². The molecule has 0 spiro atoms. The van der Waals surface area contributed by atoms with Crippen molar-refractivity contribution in [2.75, 3.05) is 0 Å². The van der Waals surface area contributed by atoms with Gasteiger partial charge in [-0.05, 0) is 12.8 Å². The minimum atomic E-state index is -1.83. The molecular weight excluding hydrogens is 409 g/mol. The van der Waals surface area contributed by atoms with Crippen molar-refractivity contribution in [2.45, 2.75) is 103 Å². The maximum atomic E-state index is 8.56. The second kappa shape index (κ2) is 27.9. The van der Waals surface area contributed by atoms with Crippen molar-refractivity contribution in [1.29, 1.82) is 0 Å². The van der Waals surface area contributed by atoms with E-state index >= 15 is 0 Å². The van der Waals surface area contributed by atoms with E-state index in [9.17, 15) is 0 Å². The van der Waals surface area contributed by atoms with E-state index in [2.05, 4.69) is 13.5 Å². The maximum absolute atomic E-state index is 8.56. The van der Waals surface area contributed by atoms with E-state index in [1.54, 1.807) is 0 Å². The Morgan fingerprint density at radius 1 is 0.739 bits per heavy atom. The summed E-state index contributed by atoms with van der Waals surface area (Å²) in [5.41, 5.74) is 0. The second-order valence-electron chi connectivity index (χ2n) is 5.96. The van der Waals surface area contributed by atoms with Crippen LogP contribution in [0.15, 0.2) is 12.7 Å². The number of rotatable bonds is 15. The first kappa shape index (κ1) is 28.8.